The number of para-hydroxylation sites is 2. The van der Waals surface area contributed by atoms with Crippen LogP contribution in [0.3, 0.4) is 0 Å². The molecule has 148 valence electrons. The number of carbonyl (C=O) groups excluding carboxylic acids is 2. The third-order valence-electron chi connectivity index (χ3n) is 5.21. The molecule has 1 aliphatic rings. The molecule has 0 bridgehead atoms. The average Bonchev–Trinajstić information content (AvgIpc) is 3.15. The number of rotatable bonds is 5. The molecule has 2 N–H and O–H groups in total. The van der Waals surface area contributed by atoms with E-state index in [0.29, 0.717) is 17.9 Å². The van der Waals surface area contributed by atoms with Crippen LogP contribution in [0, 0.1) is 0 Å². The molecule has 2 heterocycles. The third kappa shape index (κ3) is 3.92. The zero-order valence-electron chi connectivity index (χ0n) is 16.4. The van der Waals surface area contributed by atoms with Crippen LogP contribution in [0.1, 0.15) is 52.1 Å². The summed E-state index contributed by atoms with van der Waals surface area (Å²) in [5.41, 5.74) is 3.73. The van der Waals surface area contributed by atoms with Crippen LogP contribution in [0.5, 0.6) is 0 Å². The largest absolute Gasteiger partial charge is 0.323 e. The van der Waals surface area contributed by atoms with Gasteiger partial charge in [-0.25, -0.2) is 4.98 Å². The van der Waals surface area contributed by atoms with Crippen LogP contribution in [0.2, 0.25) is 0 Å². The van der Waals surface area contributed by atoms with E-state index in [0.717, 1.165) is 42.6 Å². The fraction of sp³-hybridized carbons (Fsp3) is 0.261. The van der Waals surface area contributed by atoms with Gasteiger partial charge in [-0.3, -0.25) is 9.59 Å². The van der Waals surface area contributed by atoms with E-state index in [1.165, 1.54) is 0 Å². The summed E-state index contributed by atoms with van der Waals surface area (Å²) in [6.45, 7) is 2.74. The van der Waals surface area contributed by atoms with Crippen molar-refractivity contribution in [2.75, 3.05) is 10.6 Å². The van der Waals surface area contributed by atoms with Crippen LogP contribution < -0.4 is 10.6 Å². The second-order valence-corrected chi connectivity index (χ2v) is 7.12. The van der Waals surface area contributed by atoms with E-state index in [-0.39, 0.29) is 17.6 Å². The van der Waals surface area contributed by atoms with E-state index in [1.807, 2.05) is 59.2 Å². The number of nitrogens with zero attached hydrogens (tertiary/aromatic N) is 2. The molecule has 29 heavy (non-hydrogen) atoms. The minimum absolute atomic E-state index is 0.268. The van der Waals surface area contributed by atoms with Gasteiger partial charge in [0.1, 0.15) is 0 Å². The number of aryl methyl sites for hydroxylation is 1. The molecular formula is C23H24N4O2. The molecule has 6 nitrogen and oxygen atoms in total. The van der Waals surface area contributed by atoms with Crippen LogP contribution in [0.4, 0.5) is 11.4 Å². The molecule has 0 radical (unpaired) electrons. The Morgan fingerprint density at radius 3 is 2.52 bits per heavy atom. The molecule has 2 aromatic carbocycles. The summed E-state index contributed by atoms with van der Waals surface area (Å²) < 4.78 is 1.89. The van der Waals surface area contributed by atoms with E-state index in [4.69, 9.17) is 0 Å². The molecule has 0 saturated carbocycles. The number of imidazole rings is 1. The topological polar surface area (TPSA) is 76.0 Å². The summed E-state index contributed by atoms with van der Waals surface area (Å²) in [4.78, 5) is 30.4. The first-order chi connectivity index (χ1) is 14.2. The molecule has 2 amide bonds. The second kappa shape index (κ2) is 8.31. The van der Waals surface area contributed by atoms with Gasteiger partial charge >= 0.3 is 0 Å². The smallest absolute Gasteiger partial charge is 0.291 e. The maximum atomic E-state index is 13.0. The quantitative estimate of drug-likeness (QED) is 0.685. The summed E-state index contributed by atoms with van der Waals surface area (Å²) >= 11 is 0. The van der Waals surface area contributed by atoms with Crippen molar-refractivity contribution in [1.29, 1.82) is 0 Å². The lowest BCUT2D eigenvalue weighted by Crippen LogP contribution is -2.21. The van der Waals surface area contributed by atoms with Crippen LogP contribution in [-0.2, 0) is 19.4 Å². The first-order valence-electron chi connectivity index (χ1n) is 10.0. The van der Waals surface area contributed by atoms with Crippen molar-refractivity contribution in [1.82, 2.24) is 9.55 Å². The molecule has 1 aliphatic heterocycles. The van der Waals surface area contributed by atoms with Crippen LogP contribution in [0.25, 0.3) is 0 Å². The zero-order valence-corrected chi connectivity index (χ0v) is 16.4. The minimum atomic E-state index is -0.299. The van der Waals surface area contributed by atoms with Crippen molar-refractivity contribution in [3.8, 4) is 0 Å². The van der Waals surface area contributed by atoms with Gasteiger partial charge in [-0.15, -0.1) is 0 Å². The molecule has 6 heteroatoms. The molecule has 0 spiro atoms. The highest BCUT2D eigenvalue weighted by Crippen LogP contribution is 2.24. The Balaban J connectivity index is 1.64. The van der Waals surface area contributed by atoms with Crippen LogP contribution >= 0.6 is 0 Å². The van der Waals surface area contributed by atoms with Gasteiger partial charge in [-0.05, 0) is 49.4 Å². The number of aromatic nitrogens is 2. The lowest BCUT2D eigenvalue weighted by molar-refractivity contribution is 0.101. The third-order valence-corrected chi connectivity index (χ3v) is 5.21. The number of anilines is 2. The lowest BCUT2D eigenvalue weighted by atomic mass is 10.1. The fourth-order valence-electron chi connectivity index (χ4n) is 3.74. The van der Waals surface area contributed by atoms with Crippen molar-refractivity contribution in [3.63, 3.8) is 0 Å². The van der Waals surface area contributed by atoms with E-state index < -0.39 is 0 Å². The van der Waals surface area contributed by atoms with Gasteiger partial charge in [0.15, 0.2) is 11.5 Å². The molecule has 0 atom stereocenters. The first kappa shape index (κ1) is 18.9. The summed E-state index contributed by atoms with van der Waals surface area (Å²) in [5, 5.41) is 5.86. The van der Waals surface area contributed by atoms with E-state index in [2.05, 4.69) is 22.5 Å². The van der Waals surface area contributed by atoms with Crippen molar-refractivity contribution >= 4 is 23.2 Å². The second-order valence-electron chi connectivity index (χ2n) is 7.12. The fourth-order valence-corrected chi connectivity index (χ4v) is 3.74. The summed E-state index contributed by atoms with van der Waals surface area (Å²) in [6, 6.07) is 17.0. The number of benzene rings is 2. The Kier molecular flexibility index (Phi) is 5.42. The Hall–Kier alpha value is -3.41. The standard InChI is InChI=1S/C23H24N4O2/c1-2-16-10-6-7-13-18(16)25-22(28)20-19-14-8-9-15-27(19)21(26-20)23(29)24-17-11-4-3-5-12-17/h3-7,10-13H,2,8-9,14-15H2,1H3,(H,24,29)(H,25,28). The van der Waals surface area contributed by atoms with Gasteiger partial charge in [0, 0.05) is 17.9 Å². The Bertz CT molecular complexity index is 1040. The molecular weight excluding hydrogens is 364 g/mol. The first-order valence-corrected chi connectivity index (χ1v) is 10.0. The molecule has 0 unspecified atom stereocenters. The SMILES string of the molecule is CCc1ccccc1NC(=O)c1nc(C(=O)Nc2ccccc2)n2c1CCCC2. The number of hydrogen-bond donors (Lipinski definition) is 2. The predicted octanol–water partition coefficient (Wildman–Crippen LogP) is 4.29. The molecule has 3 aromatic rings. The molecule has 4 rings (SSSR count). The van der Waals surface area contributed by atoms with Gasteiger partial charge in [0.2, 0.25) is 0 Å². The summed E-state index contributed by atoms with van der Waals surface area (Å²) in [7, 11) is 0. The number of amides is 2. The number of carbonyl (C=O) groups is 2. The van der Waals surface area contributed by atoms with Gasteiger partial charge in [0.25, 0.3) is 11.8 Å². The number of hydrogen-bond acceptors (Lipinski definition) is 3. The monoisotopic (exact) mass is 388 g/mol. The molecule has 1 aromatic heterocycles. The molecule has 0 saturated heterocycles. The van der Waals surface area contributed by atoms with Gasteiger partial charge < -0.3 is 15.2 Å². The highest BCUT2D eigenvalue weighted by molar-refractivity contribution is 6.07. The summed E-state index contributed by atoms with van der Waals surface area (Å²) in [6.07, 6.45) is 3.51. The van der Waals surface area contributed by atoms with Crippen LogP contribution in [-0.4, -0.2) is 21.4 Å². The van der Waals surface area contributed by atoms with Crippen molar-refractivity contribution < 1.29 is 9.59 Å². The van der Waals surface area contributed by atoms with Crippen molar-refractivity contribution in [3.05, 3.63) is 77.4 Å². The average molecular weight is 388 g/mol. The Morgan fingerprint density at radius 1 is 0.966 bits per heavy atom. The molecule has 0 fully saturated rings. The normalized spacial score (nSPS) is 12.9. The van der Waals surface area contributed by atoms with E-state index in [9.17, 15) is 9.59 Å². The Morgan fingerprint density at radius 2 is 1.72 bits per heavy atom. The van der Waals surface area contributed by atoms with Gasteiger partial charge in [0.05, 0.1) is 5.69 Å². The van der Waals surface area contributed by atoms with E-state index in [1.54, 1.807) is 0 Å². The lowest BCUT2D eigenvalue weighted by Gasteiger charge is -2.17. The highest BCUT2D eigenvalue weighted by Gasteiger charge is 2.27. The van der Waals surface area contributed by atoms with Crippen LogP contribution in [0.15, 0.2) is 54.6 Å². The van der Waals surface area contributed by atoms with E-state index >= 15 is 0 Å². The number of nitrogens with one attached hydrogen (secondary N) is 2. The predicted molar refractivity (Wildman–Crippen MR) is 113 cm³/mol. The van der Waals surface area contributed by atoms with Crippen molar-refractivity contribution in [2.45, 2.75) is 39.2 Å². The van der Waals surface area contributed by atoms with Gasteiger partial charge in [-0.1, -0.05) is 43.3 Å². The van der Waals surface area contributed by atoms with Crippen molar-refractivity contribution in [2.24, 2.45) is 0 Å². The minimum Gasteiger partial charge on any atom is -0.323 e. The zero-order chi connectivity index (χ0) is 20.2. The maximum Gasteiger partial charge on any atom is 0.291 e. The summed E-state index contributed by atoms with van der Waals surface area (Å²) in [5.74, 6) is -0.278. The molecule has 0 aliphatic carbocycles. The Labute approximate surface area is 170 Å². The van der Waals surface area contributed by atoms with Gasteiger partial charge in [-0.2, -0.15) is 0 Å². The number of fused-ring (bicyclic) bond motifs is 1. The highest BCUT2D eigenvalue weighted by atomic mass is 16.2. The maximum absolute atomic E-state index is 13.0.